The summed E-state index contributed by atoms with van der Waals surface area (Å²) in [4.78, 5) is 15.1. The molecule has 2 aromatic rings. The minimum atomic E-state index is -0.00840. The van der Waals surface area contributed by atoms with E-state index >= 15 is 0 Å². The number of ether oxygens (including phenoxy) is 1. The van der Waals surface area contributed by atoms with Gasteiger partial charge in [0.1, 0.15) is 0 Å². The predicted octanol–water partition coefficient (Wildman–Crippen LogP) is 2.06. The molecule has 0 bridgehead atoms. The molecule has 3 nitrogen and oxygen atoms in total. The first-order valence-corrected chi connectivity index (χ1v) is 6.08. The topological polar surface area (TPSA) is 42.1 Å². The molecule has 1 aromatic carbocycles. The number of nitrogens with one attached hydrogen (secondary N) is 1. The summed E-state index contributed by atoms with van der Waals surface area (Å²) in [5, 5.41) is 1.26. The Balaban J connectivity index is 1.88. The number of aromatic nitrogens is 1. The number of esters is 1. The molecular weight excluding hydrogens is 214 g/mol. The van der Waals surface area contributed by atoms with Crippen LogP contribution in [0.3, 0.4) is 0 Å². The second kappa shape index (κ2) is 3.13. The lowest BCUT2D eigenvalue weighted by molar-refractivity contribution is -0.141. The molecule has 2 atom stereocenters. The van der Waals surface area contributed by atoms with Crippen LogP contribution in [0.4, 0.5) is 0 Å². The third-order valence-electron chi connectivity index (χ3n) is 4.10. The van der Waals surface area contributed by atoms with Crippen LogP contribution >= 0.6 is 0 Å². The van der Waals surface area contributed by atoms with Crippen molar-refractivity contribution in [2.45, 2.75) is 12.8 Å². The Hall–Kier alpha value is -1.77. The number of fused-ring (bicyclic) bond motifs is 4. The maximum Gasteiger partial charge on any atom is 0.309 e. The quantitative estimate of drug-likeness (QED) is 0.700. The summed E-state index contributed by atoms with van der Waals surface area (Å²) in [6.45, 7) is 0.596. The normalized spacial score (nSPS) is 26.7. The molecule has 2 heterocycles. The molecule has 0 saturated carbocycles. The average Bonchev–Trinajstić information content (AvgIpc) is 2.88. The number of hydrogen-bond acceptors (Lipinski definition) is 2. The van der Waals surface area contributed by atoms with Crippen LogP contribution in [0.5, 0.6) is 0 Å². The molecular formula is C14H13NO2. The molecule has 4 rings (SSSR count). The van der Waals surface area contributed by atoms with Crippen LogP contribution in [0, 0.1) is 11.8 Å². The lowest BCUT2D eigenvalue weighted by Crippen LogP contribution is -2.25. The van der Waals surface area contributed by atoms with E-state index in [1.165, 1.54) is 22.2 Å². The van der Waals surface area contributed by atoms with Crippen molar-refractivity contribution < 1.29 is 9.53 Å². The maximum absolute atomic E-state index is 11.6. The van der Waals surface area contributed by atoms with Crippen LogP contribution < -0.4 is 0 Å². The van der Waals surface area contributed by atoms with Crippen LogP contribution in [-0.4, -0.2) is 17.6 Å². The molecule has 1 aromatic heterocycles. The minimum absolute atomic E-state index is 0.00840. The highest BCUT2D eigenvalue weighted by Crippen LogP contribution is 2.38. The summed E-state index contributed by atoms with van der Waals surface area (Å²) in [5.74, 6) is 0.454. The van der Waals surface area contributed by atoms with Crippen molar-refractivity contribution >= 4 is 16.9 Å². The van der Waals surface area contributed by atoms with Crippen molar-refractivity contribution in [2.24, 2.45) is 11.8 Å². The van der Waals surface area contributed by atoms with Gasteiger partial charge < -0.3 is 9.72 Å². The Labute approximate surface area is 98.8 Å². The Morgan fingerprint density at radius 1 is 1.24 bits per heavy atom. The fourth-order valence-electron chi connectivity index (χ4n) is 3.20. The first-order chi connectivity index (χ1) is 8.33. The van der Waals surface area contributed by atoms with E-state index in [1.807, 2.05) is 6.07 Å². The Kier molecular flexibility index (Phi) is 1.71. The molecule has 2 aliphatic rings. The summed E-state index contributed by atoms with van der Waals surface area (Å²) >= 11 is 0. The van der Waals surface area contributed by atoms with E-state index in [0.29, 0.717) is 12.5 Å². The van der Waals surface area contributed by atoms with Crippen LogP contribution in [0.1, 0.15) is 11.3 Å². The molecule has 1 saturated heterocycles. The number of carbonyl (C=O) groups excluding carboxylic acids is 1. The predicted molar refractivity (Wildman–Crippen MR) is 63.6 cm³/mol. The van der Waals surface area contributed by atoms with Crippen molar-refractivity contribution in [3.8, 4) is 0 Å². The zero-order valence-electron chi connectivity index (χ0n) is 9.40. The highest BCUT2D eigenvalue weighted by atomic mass is 16.5. The molecule has 17 heavy (non-hydrogen) atoms. The number of cyclic esters (lactones) is 1. The van der Waals surface area contributed by atoms with Crippen molar-refractivity contribution in [3.05, 3.63) is 35.5 Å². The van der Waals surface area contributed by atoms with Gasteiger partial charge in [-0.1, -0.05) is 18.2 Å². The van der Waals surface area contributed by atoms with Crippen molar-refractivity contribution in [3.63, 3.8) is 0 Å². The molecule has 1 aliphatic carbocycles. The maximum atomic E-state index is 11.6. The van der Waals surface area contributed by atoms with E-state index in [-0.39, 0.29) is 11.9 Å². The molecule has 1 aliphatic heterocycles. The zero-order valence-corrected chi connectivity index (χ0v) is 9.40. The molecule has 1 fully saturated rings. The van der Waals surface area contributed by atoms with Crippen molar-refractivity contribution in [2.75, 3.05) is 6.61 Å². The van der Waals surface area contributed by atoms with E-state index < -0.39 is 0 Å². The average molecular weight is 227 g/mol. The van der Waals surface area contributed by atoms with Crippen molar-refractivity contribution in [1.82, 2.24) is 4.98 Å². The van der Waals surface area contributed by atoms with Crippen LogP contribution in [0.15, 0.2) is 24.3 Å². The van der Waals surface area contributed by atoms with E-state index in [9.17, 15) is 4.79 Å². The van der Waals surface area contributed by atoms with Gasteiger partial charge in [0.2, 0.25) is 0 Å². The number of hydrogen-bond donors (Lipinski definition) is 1. The molecule has 0 amide bonds. The minimum Gasteiger partial charge on any atom is -0.465 e. The Bertz CT molecular complexity index is 614. The second-order valence-corrected chi connectivity index (χ2v) is 5.03. The van der Waals surface area contributed by atoms with Gasteiger partial charge in [0.25, 0.3) is 0 Å². The third kappa shape index (κ3) is 1.19. The number of carbonyl (C=O) groups is 1. The summed E-state index contributed by atoms with van der Waals surface area (Å²) in [5.41, 5.74) is 3.80. The van der Waals surface area contributed by atoms with E-state index in [2.05, 4.69) is 23.2 Å². The summed E-state index contributed by atoms with van der Waals surface area (Å²) in [7, 11) is 0. The van der Waals surface area contributed by atoms with Crippen LogP contribution in [0.2, 0.25) is 0 Å². The number of para-hydroxylation sites is 1. The van der Waals surface area contributed by atoms with E-state index in [1.54, 1.807) is 0 Å². The monoisotopic (exact) mass is 227 g/mol. The van der Waals surface area contributed by atoms with Gasteiger partial charge >= 0.3 is 5.97 Å². The Morgan fingerprint density at radius 2 is 2.12 bits per heavy atom. The van der Waals surface area contributed by atoms with Gasteiger partial charge in [-0.2, -0.15) is 0 Å². The molecule has 3 heteroatoms. The van der Waals surface area contributed by atoms with Gasteiger partial charge in [-0.25, -0.2) is 0 Å². The van der Waals surface area contributed by atoms with Gasteiger partial charge in [-0.05, 0) is 24.5 Å². The summed E-state index contributed by atoms with van der Waals surface area (Å²) in [6.07, 6.45) is 1.78. The number of aromatic amines is 1. The first-order valence-electron chi connectivity index (χ1n) is 6.08. The van der Waals surface area contributed by atoms with E-state index in [4.69, 9.17) is 4.74 Å². The second-order valence-electron chi connectivity index (χ2n) is 5.03. The lowest BCUT2D eigenvalue weighted by atomic mass is 9.80. The molecule has 1 N–H and O–H groups in total. The Morgan fingerprint density at radius 3 is 3.06 bits per heavy atom. The SMILES string of the molecule is O=C1OCC2Cc3[nH]c4ccccc4c3CC12. The number of benzene rings is 1. The smallest absolute Gasteiger partial charge is 0.309 e. The fourth-order valence-corrected chi connectivity index (χ4v) is 3.20. The van der Waals surface area contributed by atoms with Gasteiger partial charge in [0, 0.05) is 22.5 Å². The largest absolute Gasteiger partial charge is 0.465 e. The fraction of sp³-hybridized carbons (Fsp3) is 0.357. The van der Waals surface area contributed by atoms with Gasteiger partial charge in [0.05, 0.1) is 12.5 Å². The number of rotatable bonds is 0. The lowest BCUT2D eigenvalue weighted by Gasteiger charge is -2.21. The highest BCUT2D eigenvalue weighted by molar-refractivity contribution is 5.86. The standard InChI is InChI=1S/C14H13NO2/c16-14-10-6-11-9-3-1-2-4-12(9)15-13(11)5-8(10)7-17-14/h1-4,8,10,15H,5-7H2. The summed E-state index contributed by atoms with van der Waals surface area (Å²) in [6, 6.07) is 8.32. The molecule has 0 spiro atoms. The van der Waals surface area contributed by atoms with Gasteiger partial charge in [0.15, 0.2) is 0 Å². The third-order valence-corrected chi connectivity index (χ3v) is 4.10. The van der Waals surface area contributed by atoms with Crippen molar-refractivity contribution in [1.29, 1.82) is 0 Å². The molecule has 86 valence electrons. The highest BCUT2D eigenvalue weighted by Gasteiger charge is 2.41. The molecule has 2 unspecified atom stereocenters. The van der Waals surface area contributed by atoms with Crippen LogP contribution in [-0.2, 0) is 22.4 Å². The van der Waals surface area contributed by atoms with Gasteiger partial charge in [-0.3, -0.25) is 4.79 Å². The first kappa shape index (κ1) is 9.28. The van der Waals surface area contributed by atoms with Gasteiger partial charge in [-0.15, -0.1) is 0 Å². The zero-order chi connectivity index (χ0) is 11.4. The van der Waals surface area contributed by atoms with E-state index in [0.717, 1.165) is 12.8 Å². The number of H-pyrrole nitrogens is 1. The molecule has 0 radical (unpaired) electrons. The summed E-state index contributed by atoms with van der Waals surface area (Å²) < 4.78 is 5.16. The van der Waals surface area contributed by atoms with Crippen LogP contribution in [0.25, 0.3) is 10.9 Å².